The van der Waals surface area contributed by atoms with E-state index >= 15 is 0 Å². The smallest absolute Gasteiger partial charge is 0.345 e. The number of carbonyl (C=O) groups is 3. The molecule has 5 rings (SSSR count). The third kappa shape index (κ3) is 2.31. The van der Waals surface area contributed by atoms with Crippen LogP contribution in [0.4, 0.5) is 0 Å². The molecule has 2 heterocycles. The first-order valence-electron chi connectivity index (χ1n) is 8.70. The Morgan fingerprint density at radius 3 is 1.75 bits per heavy atom. The molecular weight excluding hydrogens is 358 g/mol. The van der Waals surface area contributed by atoms with Crippen molar-refractivity contribution in [2.75, 3.05) is 0 Å². The predicted octanol–water partition coefficient (Wildman–Crippen LogP) is 3.68. The van der Waals surface area contributed by atoms with E-state index in [2.05, 4.69) is 0 Å². The van der Waals surface area contributed by atoms with Crippen LogP contribution in [-0.4, -0.2) is 22.8 Å². The lowest BCUT2D eigenvalue weighted by Crippen LogP contribution is -2.35. The van der Waals surface area contributed by atoms with Gasteiger partial charge >= 0.3 is 5.97 Å². The molecule has 0 aliphatic carbocycles. The fourth-order valence-electron chi connectivity index (χ4n) is 3.56. The van der Waals surface area contributed by atoms with Crippen molar-refractivity contribution in [3.8, 4) is 11.5 Å². The number of imide groups is 1. The number of fused-ring (bicyclic) bond motifs is 3. The lowest BCUT2D eigenvalue weighted by atomic mass is 9.88. The number of carbonyl (C=O) groups excluding carboxylic acids is 3. The highest BCUT2D eigenvalue weighted by atomic mass is 16.7. The molecule has 2 amide bonds. The summed E-state index contributed by atoms with van der Waals surface area (Å²) in [5, 5.41) is 0.535. The van der Waals surface area contributed by atoms with Crippen LogP contribution in [0.1, 0.15) is 37.8 Å². The summed E-state index contributed by atoms with van der Waals surface area (Å²) >= 11 is 0. The summed E-state index contributed by atoms with van der Waals surface area (Å²) in [4.78, 5) is 43.4. The molecule has 3 aromatic carbocycles. The monoisotopic (exact) mass is 371 g/mol. The van der Waals surface area contributed by atoms with Crippen molar-refractivity contribution in [2.45, 2.75) is 5.92 Å². The standard InChI is InChI=1S/C22H13NO5/c24-20-13-7-1-2-8-14(13)21(25)23(20)28-22(26)19-15-9-3-5-11-17(15)27-18-12-6-4-10-16(18)19/h1-12,19H. The largest absolute Gasteiger partial charge is 0.457 e. The van der Waals surface area contributed by atoms with Gasteiger partial charge in [0.25, 0.3) is 11.8 Å². The lowest BCUT2D eigenvalue weighted by molar-refractivity contribution is -0.169. The molecule has 2 aliphatic heterocycles. The molecule has 3 aromatic rings. The molecule has 0 spiro atoms. The maximum atomic E-state index is 13.1. The SMILES string of the molecule is O=C(ON1C(=O)c2ccccc2C1=O)C1c2ccccc2Oc2ccccc21. The average Bonchev–Trinajstić information content (AvgIpc) is 2.97. The first-order valence-corrected chi connectivity index (χ1v) is 8.70. The second kappa shape index (κ2) is 6.06. The first-order chi connectivity index (χ1) is 13.6. The van der Waals surface area contributed by atoms with E-state index in [0.717, 1.165) is 0 Å². The summed E-state index contributed by atoms with van der Waals surface area (Å²) in [7, 11) is 0. The Hall–Kier alpha value is -3.93. The molecule has 0 radical (unpaired) electrons. The van der Waals surface area contributed by atoms with Gasteiger partial charge in [0.1, 0.15) is 17.4 Å². The number of ether oxygens (including phenoxy) is 1. The maximum absolute atomic E-state index is 13.1. The number of hydrogen-bond acceptors (Lipinski definition) is 5. The third-order valence-corrected chi connectivity index (χ3v) is 4.85. The second-order valence-corrected chi connectivity index (χ2v) is 6.47. The minimum atomic E-state index is -0.814. The molecule has 0 bridgehead atoms. The number of para-hydroxylation sites is 2. The molecule has 0 unspecified atom stereocenters. The van der Waals surface area contributed by atoms with Crippen LogP contribution in [0, 0.1) is 0 Å². The van der Waals surface area contributed by atoms with Crippen LogP contribution in [0.15, 0.2) is 72.8 Å². The van der Waals surface area contributed by atoms with Crippen molar-refractivity contribution >= 4 is 17.8 Å². The minimum absolute atomic E-state index is 0.216. The van der Waals surface area contributed by atoms with Gasteiger partial charge in [0, 0.05) is 11.1 Å². The Morgan fingerprint density at radius 2 is 1.21 bits per heavy atom. The maximum Gasteiger partial charge on any atom is 0.345 e. The highest BCUT2D eigenvalue weighted by Crippen LogP contribution is 2.44. The molecule has 6 heteroatoms. The number of hydrogen-bond donors (Lipinski definition) is 0. The number of hydroxylamine groups is 2. The van der Waals surface area contributed by atoms with E-state index in [9.17, 15) is 14.4 Å². The van der Waals surface area contributed by atoms with Gasteiger partial charge in [-0.05, 0) is 24.3 Å². The Kier molecular flexibility index (Phi) is 3.52. The van der Waals surface area contributed by atoms with Crippen LogP contribution >= 0.6 is 0 Å². The zero-order valence-corrected chi connectivity index (χ0v) is 14.5. The number of rotatable bonds is 2. The van der Waals surface area contributed by atoms with Crippen LogP contribution in [0.5, 0.6) is 11.5 Å². The van der Waals surface area contributed by atoms with Crippen molar-refractivity contribution in [3.63, 3.8) is 0 Å². The molecule has 136 valence electrons. The first kappa shape index (κ1) is 16.3. The van der Waals surface area contributed by atoms with Gasteiger partial charge < -0.3 is 9.57 Å². The van der Waals surface area contributed by atoms with Gasteiger partial charge in [-0.15, -0.1) is 0 Å². The molecule has 0 fully saturated rings. The van der Waals surface area contributed by atoms with Crippen LogP contribution < -0.4 is 4.74 Å². The van der Waals surface area contributed by atoms with E-state index in [1.54, 1.807) is 60.7 Å². The molecule has 6 nitrogen and oxygen atoms in total. The Morgan fingerprint density at radius 1 is 0.750 bits per heavy atom. The van der Waals surface area contributed by atoms with E-state index in [1.807, 2.05) is 0 Å². The average molecular weight is 371 g/mol. The van der Waals surface area contributed by atoms with E-state index in [0.29, 0.717) is 27.7 Å². The summed E-state index contributed by atoms with van der Waals surface area (Å²) in [5.74, 6) is -1.77. The zero-order chi connectivity index (χ0) is 19.3. The molecule has 0 N–H and O–H groups in total. The van der Waals surface area contributed by atoms with E-state index in [4.69, 9.17) is 9.57 Å². The Bertz CT molecular complexity index is 1070. The summed E-state index contributed by atoms with van der Waals surface area (Å²) < 4.78 is 5.87. The van der Waals surface area contributed by atoms with Crippen molar-refractivity contribution < 1.29 is 24.0 Å². The Labute approximate surface area is 159 Å². The summed E-state index contributed by atoms with van der Waals surface area (Å²) in [6, 6.07) is 20.6. The fraction of sp³-hybridized carbons (Fsp3) is 0.0455. The van der Waals surface area contributed by atoms with Gasteiger partial charge in [0.05, 0.1) is 11.1 Å². The molecule has 28 heavy (non-hydrogen) atoms. The van der Waals surface area contributed by atoms with Crippen LogP contribution in [0.25, 0.3) is 0 Å². The molecule has 0 saturated heterocycles. The van der Waals surface area contributed by atoms with E-state index in [-0.39, 0.29) is 11.1 Å². The zero-order valence-electron chi connectivity index (χ0n) is 14.5. The van der Waals surface area contributed by atoms with Gasteiger partial charge in [-0.2, -0.15) is 0 Å². The van der Waals surface area contributed by atoms with E-state index < -0.39 is 23.7 Å². The lowest BCUT2D eigenvalue weighted by Gasteiger charge is -2.27. The van der Waals surface area contributed by atoms with Crippen LogP contribution in [0.2, 0.25) is 0 Å². The van der Waals surface area contributed by atoms with Crippen molar-refractivity contribution in [1.82, 2.24) is 5.06 Å². The summed E-state index contributed by atoms with van der Waals surface area (Å²) in [6.07, 6.45) is 0. The highest BCUT2D eigenvalue weighted by Gasteiger charge is 2.42. The minimum Gasteiger partial charge on any atom is -0.457 e. The van der Waals surface area contributed by atoms with Crippen molar-refractivity contribution in [1.29, 1.82) is 0 Å². The topological polar surface area (TPSA) is 72.9 Å². The number of nitrogens with zero attached hydrogens (tertiary/aromatic N) is 1. The molecular formula is C22H13NO5. The quantitative estimate of drug-likeness (QED) is 0.643. The highest BCUT2D eigenvalue weighted by molar-refractivity contribution is 6.21. The molecule has 0 saturated carbocycles. The summed E-state index contributed by atoms with van der Waals surface area (Å²) in [6.45, 7) is 0. The van der Waals surface area contributed by atoms with Crippen molar-refractivity contribution in [2.24, 2.45) is 0 Å². The van der Waals surface area contributed by atoms with Gasteiger partial charge in [0.15, 0.2) is 0 Å². The summed E-state index contributed by atoms with van der Waals surface area (Å²) in [5.41, 5.74) is 1.66. The molecule has 0 atom stereocenters. The van der Waals surface area contributed by atoms with Crippen LogP contribution in [-0.2, 0) is 9.63 Å². The van der Waals surface area contributed by atoms with Gasteiger partial charge in [-0.3, -0.25) is 9.59 Å². The number of benzene rings is 3. The second-order valence-electron chi connectivity index (χ2n) is 6.47. The third-order valence-electron chi connectivity index (χ3n) is 4.85. The van der Waals surface area contributed by atoms with Gasteiger partial charge in [0.2, 0.25) is 0 Å². The van der Waals surface area contributed by atoms with Gasteiger partial charge in [-0.1, -0.05) is 53.6 Å². The fourth-order valence-corrected chi connectivity index (χ4v) is 3.56. The normalized spacial score (nSPS) is 14.8. The van der Waals surface area contributed by atoms with Crippen LogP contribution in [0.3, 0.4) is 0 Å². The number of amides is 2. The Balaban J connectivity index is 1.52. The molecule has 0 aromatic heterocycles. The molecule has 2 aliphatic rings. The van der Waals surface area contributed by atoms with Gasteiger partial charge in [-0.25, -0.2) is 4.79 Å². The van der Waals surface area contributed by atoms with Crippen molar-refractivity contribution in [3.05, 3.63) is 95.1 Å². The predicted molar refractivity (Wildman–Crippen MR) is 97.8 cm³/mol. The van der Waals surface area contributed by atoms with E-state index in [1.165, 1.54) is 12.1 Å².